The van der Waals surface area contributed by atoms with Crippen molar-refractivity contribution in [2.75, 3.05) is 4.90 Å². The third-order valence-electron chi connectivity index (χ3n) is 5.97. The lowest BCUT2D eigenvalue weighted by atomic mass is 9.93. The molecule has 33 heavy (non-hydrogen) atoms. The minimum atomic E-state index is -0.885. The molecular weight excluding hydrogens is 414 g/mol. The summed E-state index contributed by atoms with van der Waals surface area (Å²) in [4.78, 5) is 27.7. The molecule has 1 saturated heterocycles. The van der Waals surface area contributed by atoms with Gasteiger partial charge in [0.25, 0.3) is 11.7 Å². The topological polar surface area (TPSA) is 77.8 Å². The standard InChI is InChI=1S/C28H21NO4/c1-17-7-6-10-20(15-17)25-24(26(31)21-14-13-18-8-2-3-9-19(18)16-21)27(32)28(33)29(25)22-11-4-5-12-23(22)30/h2-16,25,30-31H,1H3/b26-24-. The number of rotatable bonds is 3. The maximum atomic E-state index is 13.3. The summed E-state index contributed by atoms with van der Waals surface area (Å²) in [5.74, 6) is -1.97. The molecule has 1 aliphatic heterocycles. The Morgan fingerprint density at radius 3 is 2.30 bits per heavy atom. The number of fused-ring (bicyclic) bond motifs is 1. The molecule has 0 spiro atoms. The van der Waals surface area contributed by atoms with Crippen LogP contribution < -0.4 is 4.90 Å². The second-order valence-corrected chi connectivity index (χ2v) is 8.13. The molecule has 0 saturated carbocycles. The van der Waals surface area contributed by atoms with E-state index in [1.165, 1.54) is 11.0 Å². The van der Waals surface area contributed by atoms with Crippen LogP contribution in [0.15, 0.2) is 96.6 Å². The van der Waals surface area contributed by atoms with Crippen molar-refractivity contribution in [2.45, 2.75) is 13.0 Å². The second-order valence-electron chi connectivity index (χ2n) is 8.13. The maximum Gasteiger partial charge on any atom is 0.300 e. The lowest BCUT2D eigenvalue weighted by molar-refractivity contribution is -0.132. The number of Topliss-reactive ketones (excluding diaryl/α,β-unsaturated/α-hetero) is 1. The van der Waals surface area contributed by atoms with Crippen molar-refractivity contribution in [3.8, 4) is 5.75 Å². The van der Waals surface area contributed by atoms with Crippen LogP contribution in [0, 0.1) is 6.92 Å². The Kier molecular flexibility index (Phi) is 4.94. The number of carbonyl (C=O) groups is 2. The van der Waals surface area contributed by atoms with E-state index in [0.717, 1.165) is 16.3 Å². The highest BCUT2D eigenvalue weighted by Crippen LogP contribution is 2.44. The van der Waals surface area contributed by atoms with Gasteiger partial charge < -0.3 is 10.2 Å². The Labute approximate surface area is 190 Å². The van der Waals surface area contributed by atoms with Crippen LogP contribution in [0.3, 0.4) is 0 Å². The van der Waals surface area contributed by atoms with Gasteiger partial charge in [0.1, 0.15) is 11.5 Å². The summed E-state index contributed by atoms with van der Waals surface area (Å²) in [5, 5.41) is 23.7. The van der Waals surface area contributed by atoms with E-state index >= 15 is 0 Å². The third kappa shape index (κ3) is 3.44. The lowest BCUT2D eigenvalue weighted by Gasteiger charge is -2.26. The van der Waals surface area contributed by atoms with Crippen LogP contribution >= 0.6 is 0 Å². The number of phenolic OH excluding ortho intramolecular Hbond substituents is 1. The Morgan fingerprint density at radius 2 is 1.55 bits per heavy atom. The van der Waals surface area contributed by atoms with Gasteiger partial charge in [-0.3, -0.25) is 14.5 Å². The quantitative estimate of drug-likeness (QED) is 0.254. The highest BCUT2D eigenvalue weighted by atomic mass is 16.3. The first-order chi connectivity index (χ1) is 16.0. The summed E-state index contributed by atoms with van der Waals surface area (Å²) < 4.78 is 0. The number of aliphatic hydroxyl groups excluding tert-OH is 1. The van der Waals surface area contributed by atoms with Gasteiger partial charge in [0.2, 0.25) is 0 Å². The summed E-state index contributed by atoms with van der Waals surface area (Å²) in [6.45, 7) is 1.92. The van der Waals surface area contributed by atoms with E-state index < -0.39 is 17.7 Å². The molecule has 4 aromatic carbocycles. The van der Waals surface area contributed by atoms with E-state index in [2.05, 4.69) is 0 Å². The molecule has 162 valence electrons. The van der Waals surface area contributed by atoms with Crippen molar-refractivity contribution >= 4 is 33.9 Å². The number of phenols is 1. The molecule has 0 radical (unpaired) electrons. The van der Waals surface area contributed by atoms with Gasteiger partial charge in [-0.25, -0.2) is 0 Å². The van der Waals surface area contributed by atoms with Crippen molar-refractivity contribution < 1.29 is 19.8 Å². The maximum absolute atomic E-state index is 13.3. The van der Waals surface area contributed by atoms with Gasteiger partial charge in [0.15, 0.2) is 0 Å². The SMILES string of the molecule is Cc1cccc(C2/C(=C(/O)c3ccc4ccccc4c3)C(=O)C(=O)N2c2ccccc2O)c1. The van der Waals surface area contributed by atoms with Crippen LogP contribution in [0.2, 0.25) is 0 Å². The predicted octanol–water partition coefficient (Wildman–Crippen LogP) is 5.48. The normalized spacial score (nSPS) is 17.6. The van der Waals surface area contributed by atoms with E-state index in [9.17, 15) is 19.8 Å². The third-order valence-corrected chi connectivity index (χ3v) is 5.97. The zero-order valence-electron chi connectivity index (χ0n) is 17.9. The molecule has 2 N–H and O–H groups in total. The van der Waals surface area contributed by atoms with Crippen LogP contribution in [0.25, 0.3) is 16.5 Å². The summed E-state index contributed by atoms with van der Waals surface area (Å²) in [7, 11) is 0. The Morgan fingerprint density at radius 1 is 0.818 bits per heavy atom. The summed E-state index contributed by atoms with van der Waals surface area (Å²) in [6, 6.07) is 26.0. The van der Waals surface area contributed by atoms with Crippen LogP contribution in [0.4, 0.5) is 5.69 Å². The zero-order valence-corrected chi connectivity index (χ0v) is 17.9. The minimum Gasteiger partial charge on any atom is -0.507 e. The first-order valence-corrected chi connectivity index (χ1v) is 10.6. The van der Waals surface area contributed by atoms with Gasteiger partial charge in [0, 0.05) is 5.56 Å². The molecule has 5 heteroatoms. The van der Waals surface area contributed by atoms with E-state index in [4.69, 9.17) is 0 Å². The number of ketones is 1. The number of carbonyl (C=O) groups excluding carboxylic acids is 2. The first-order valence-electron chi connectivity index (χ1n) is 10.6. The number of para-hydroxylation sites is 2. The van der Waals surface area contributed by atoms with Gasteiger partial charge in [-0.05, 0) is 41.5 Å². The number of aliphatic hydroxyl groups is 1. The number of aryl methyl sites for hydroxylation is 1. The fourth-order valence-corrected chi connectivity index (χ4v) is 4.40. The smallest absolute Gasteiger partial charge is 0.300 e. The fourth-order valence-electron chi connectivity index (χ4n) is 4.40. The number of benzene rings is 4. The van der Waals surface area contributed by atoms with Crippen molar-refractivity contribution in [3.63, 3.8) is 0 Å². The van der Waals surface area contributed by atoms with Crippen LogP contribution in [-0.4, -0.2) is 21.9 Å². The van der Waals surface area contributed by atoms with E-state index in [1.54, 1.807) is 30.3 Å². The number of amides is 1. The van der Waals surface area contributed by atoms with Gasteiger partial charge in [-0.1, -0.05) is 78.4 Å². The number of aromatic hydroxyl groups is 1. The average Bonchev–Trinajstić information content (AvgIpc) is 3.09. The molecular formula is C28H21NO4. The highest BCUT2D eigenvalue weighted by Gasteiger charge is 2.47. The van der Waals surface area contributed by atoms with Gasteiger partial charge in [-0.15, -0.1) is 0 Å². The Bertz CT molecular complexity index is 1450. The molecule has 1 amide bonds. The van der Waals surface area contributed by atoms with E-state index in [0.29, 0.717) is 11.1 Å². The molecule has 1 unspecified atom stereocenters. The van der Waals surface area contributed by atoms with Crippen molar-refractivity contribution in [3.05, 3.63) is 113 Å². The summed E-state index contributed by atoms with van der Waals surface area (Å²) in [5.41, 5.74) is 2.26. The molecule has 1 fully saturated rings. The summed E-state index contributed by atoms with van der Waals surface area (Å²) in [6.07, 6.45) is 0. The summed E-state index contributed by atoms with van der Waals surface area (Å²) >= 11 is 0. The van der Waals surface area contributed by atoms with Gasteiger partial charge in [-0.2, -0.15) is 0 Å². The lowest BCUT2D eigenvalue weighted by Crippen LogP contribution is -2.29. The molecule has 4 aromatic rings. The molecule has 0 aromatic heterocycles. The molecule has 5 nitrogen and oxygen atoms in total. The predicted molar refractivity (Wildman–Crippen MR) is 128 cm³/mol. The first kappa shape index (κ1) is 20.5. The second kappa shape index (κ2) is 7.95. The highest BCUT2D eigenvalue weighted by molar-refractivity contribution is 6.52. The van der Waals surface area contributed by atoms with Gasteiger partial charge in [0.05, 0.1) is 17.3 Å². The van der Waals surface area contributed by atoms with Crippen LogP contribution in [-0.2, 0) is 9.59 Å². The fraction of sp³-hybridized carbons (Fsp3) is 0.0714. The van der Waals surface area contributed by atoms with Crippen molar-refractivity contribution in [2.24, 2.45) is 0 Å². The van der Waals surface area contributed by atoms with Crippen LogP contribution in [0.1, 0.15) is 22.7 Å². The number of anilines is 1. The van der Waals surface area contributed by atoms with E-state index in [1.807, 2.05) is 61.5 Å². The van der Waals surface area contributed by atoms with Crippen LogP contribution in [0.5, 0.6) is 5.75 Å². The van der Waals surface area contributed by atoms with Gasteiger partial charge >= 0.3 is 0 Å². The average molecular weight is 435 g/mol. The number of nitrogens with zero attached hydrogens (tertiary/aromatic N) is 1. The molecule has 0 bridgehead atoms. The molecule has 1 aliphatic rings. The molecule has 0 aliphatic carbocycles. The van der Waals surface area contributed by atoms with Crippen molar-refractivity contribution in [1.82, 2.24) is 0 Å². The Balaban J connectivity index is 1.76. The number of hydrogen-bond donors (Lipinski definition) is 2. The molecule has 1 atom stereocenters. The largest absolute Gasteiger partial charge is 0.507 e. The monoisotopic (exact) mass is 435 g/mol. The molecule has 5 rings (SSSR count). The minimum absolute atomic E-state index is 0.0101. The van der Waals surface area contributed by atoms with Crippen molar-refractivity contribution in [1.29, 1.82) is 0 Å². The van der Waals surface area contributed by atoms with E-state index in [-0.39, 0.29) is 22.8 Å². The zero-order chi connectivity index (χ0) is 23.1. The Hall–Kier alpha value is -4.38. The molecule has 1 heterocycles. The number of hydrogen-bond acceptors (Lipinski definition) is 4.